The molecule has 6 nitrogen and oxygen atoms in total. The molecule has 22 heavy (non-hydrogen) atoms. The van der Waals surface area contributed by atoms with Crippen molar-refractivity contribution in [1.29, 1.82) is 0 Å². The van der Waals surface area contributed by atoms with Crippen molar-refractivity contribution in [2.45, 2.75) is 24.1 Å². The number of carbonyl (C=O) groups excluding carboxylic acids is 1. The van der Waals surface area contributed by atoms with Gasteiger partial charge in [0.25, 0.3) is 15.9 Å². The summed E-state index contributed by atoms with van der Waals surface area (Å²) in [4.78, 5) is 13.0. The Kier molecular flexibility index (Phi) is 5.84. The van der Waals surface area contributed by atoms with Crippen LogP contribution in [-0.4, -0.2) is 57.4 Å². The van der Waals surface area contributed by atoms with Gasteiger partial charge in [-0.1, -0.05) is 11.6 Å². The van der Waals surface area contributed by atoms with Crippen molar-refractivity contribution in [3.63, 3.8) is 0 Å². The van der Waals surface area contributed by atoms with Crippen LogP contribution in [0.15, 0.2) is 16.3 Å². The van der Waals surface area contributed by atoms with Crippen LogP contribution in [0.1, 0.15) is 13.8 Å². The molecule has 1 aliphatic rings. The van der Waals surface area contributed by atoms with Gasteiger partial charge in [-0.05, 0) is 26.0 Å². The van der Waals surface area contributed by atoms with Crippen LogP contribution in [0.5, 0.6) is 0 Å². The molecule has 0 radical (unpaired) electrons. The van der Waals surface area contributed by atoms with E-state index >= 15 is 0 Å². The molecule has 1 amide bonds. The van der Waals surface area contributed by atoms with E-state index in [9.17, 15) is 13.2 Å². The van der Waals surface area contributed by atoms with Gasteiger partial charge in [0.1, 0.15) is 4.21 Å². The predicted octanol–water partition coefficient (Wildman–Crippen LogP) is -0.185. The zero-order valence-electron chi connectivity index (χ0n) is 12.6. The number of sulfonamides is 1. The van der Waals surface area contributed by atoms with E-state index < -0.39 is 10.0 Å². The van der Waals surface area contributed by atoms with Crippen LogP contribution < -0.4 is 10.2 Å². The molecule has 0 unspecified atom stereocenters. The zero-order chi connectivity index (χ0) is 16.3. The minimum atomic E-state index is -3.47. The number of hydrogen-bond donors (Lipinski definition) is 2. The Labute approximate surface area is 140 Å². The standard InChI is InChI=1S/C13H20ClN3O3S2/c1-3-15-13(18)10(2)16-6-8-17(9-7-16)22(19,20)12-5-4-11(14)21-12/h4-5,10H,3,6-9H2,1-2H3,(H,15,18)/p+1/t10-/m1/s1. The average molecular weight is 367 g/mol. The molecule has 0 spiro atoms. The third-order valence-corrected chi connectivity index (χ3v) is 7.46. The van der Waals surface area contributed by atoms with Gasteiger partial charge in [-0.25, -0.2) is 8.42 Å². The van der Waals surface area contributed by atoms with Crippen LogP contribution in [0.2, 0.25) is 4.34 Å². The zero-order valence-corrected chi connectivity index (χ0v) is 15.0. The first-order chi connectivity index (χ1) is 10.4. The highest BCUT2D eigenvalue weighted by molar-refractivity contribution is 7.91. The molecule has 0 aliphatic carbocycles. The van der Waals surface area contributed by atoms with E-state index in [1.54, 1.807) is 12.1 Å². The maximum Gasteiger partial charge on any atom is 0.278 e. The van der Waals surface area contributed by atoms with Crippen LogP contribution in [0, 0.1) is 0 Å². The second-order valence-corrected chi connectivity index (χ2v) is 9.12. The fourth-order valence-corrected chi connectivity index (χ4v) is 5.60. The van der Waals surface area contributed by atoms with Gasteiger partial charge in [-0.15, -0.1) is 11.3 Å². The molecule has 1 aromatic rings. The predicted molar refractivity (Wildman–Crippen MR) is 86.9 cm³/mol. The monoisotopic (exact) mass is 366 g/mol. The molecule has 1 fully saturated rings. The third kappa shape index (κ3) is 3.80. The highest BCUT2D eigenvalue weighted by Gasteiger charge is 2.34. The van der Waals surface area contributed by atoms with Gasteiger partial charge in [-0.3, -0.25) is 4.79 Å². The maximum absolute atomic E-state index is 12.5. The highest BCUT2D eigenvalue weighted by atomic mass is 35.5. The lowest BCUT2D eigenvalue weighted by Gasteiger charge is -2.33. The molecular weight excluding hydrogens is 346 g/mol. The first kappa shape index (κ1) is 17.7. The molecule has 1 aliphatic heterocycles. The van der Waals surface area contributed by atoms with Crippen molar-refractivity contribution in [1.82, 2.24) is 9.62 Å². The van der Waals surface area contributed by atoms with Gasteiger partial charge in [0.15, 0.2) is 6.04 Å². The molecular formula is C13H21ClN3O3S2+. The molecule has 1 aromatic heterocycles. The number of thiophene rings is 1. The Morgan fingerprint density at radius 3 is 2.59 bits per heavy atom. The lowest BCUT2D eigenvalue weighted by atomic mass is 10.2. The number of amides is 1. The largest absolute Gasteiger partial charge is 0.351 e. The van der Waals surface area contributed by atoms with Crippen molar-refractivity contribution >= 4 is 38.9 Å². The fourth-order valence-electron chi connectivity index (χ4n) is 2.52. The minimum Gasteiger partial charge on any atom is -0.351 e. The van der Waals surface area contributed by atoms with Crippen LogP contribution in [-0.2, 0) is 14.8 Å². The molecule has 0 aromatic carbocycles. The van der Waals surface area contributed by atoms with Crippen molar-refractivity contribution in [2.75, 3.05) is 32.7 Å². The van der Waals surface area contributed by atoms with Crippen molar-refractivity contribution in [3.05, 3.63) is 16.5 Å². The quantitative estimate of drug-likeness (QED) is 0.759. The summed E-state index contributed by atoms with van der Waals surface area (Å²) in [5.41, 5.74) is 0. The summed E-state index contributed by atoms with van der Waals surface area (Å²) in [7, 11) is -3.47. The van der Waals surface area contributed by atoms with Crippen LogP contribution in [0.3, 0.4) is 0 Å². The van der Waals surface area contributed by atoms with E-state index in [1.807, 2.05) is 13.8 Å². The van der Waals surface area contributed by atoms with Gasteiger partial charge in [-0.2, -0.15) is 4.31 Å². The van der Waals surface area contributed by atoms with Crippen molar-refractivity contribution in [2.24, 2.45) is 0 Å². The molecule has 1 atom stereocenters. The lowest BCUT2D eigenvalue weighted by molar-refractivity contribution is -0.917. The summed E-state index contributed by atoms with van der Waals surface area (Å²) in [5.74, 6) is 0.0128. The molecule has 2 rings (SSSR count). The fraction of sp³-hybridized carbons (Fsp3) is 0.615. The average Bonchev–Trinajstić information content (AvgIpc) is 2.94. The van der Waals surface area contributed by atoms with E-state index in [0.717, 1.165) is 16.2 Å². The van der Waals surface area contributed by atoms with Gasteiger partial charge in [0, 0.05) is 6.54 Å². The number of nitrogens with one attached hydrogen (secondary N) is 2. The molecule has 0 bridgehead atoms. The van der Waals surface area contributed by atoms with Crippen molar-refractivity contribution < 1.29 is 18.1 Å². The number of halogens is 1. The smallest absolute Gasteiger partial charge is 0.278 e. The summed E-state index contributed by atoms with van der Waals surface area (Å²) in [6, 6.07) is 2.97. The SMILES string of the molecule is CCNC(=O)[C@@H](C)[NH+]1CCN(S(=O)(=O)c2ccc(Cl)s2)CC1. The number of hydrogen-bond acceptors (Lipinski definition) is 4. The Hall–Kier alpha value is -0.670. The molecule has 124 valence electrons. The summed E-state index contributed by atoms with van der Waals surface area (Å²) in [5, 5.41) is 2.81. The minimum absolute atomic E-state index is 0.0128. The number of carbonyl (C=O) groups is 1. The Bertz CT molecular complexity index is 624. The third-order valence-electron chi connectivity index (χ3n) is 3.86. The first-order valence-corrected chi connectivity index (χ1v) is 9.87. The Morgan fingerprint density at radius 2 is 2.09 bits per heavy atom. The Balaban J connectivity index is 1.99. The first-order valence-electron chi connectivity index (χ1n) is 7.24. The number of rotatable bonds is 5. The van der Waals surface area contributed by atoms with Gasteiger partial charge in [0.2, 0.25) is 0 Å². The summed E-state index contributed by atoms with van der Waals surface area (Å²) in [6.45, 7) is 6.44. The Morgan fingerprint density at radius 1 is 1.45 bits per heavy atom. The molecule has 0 saturated carbocycles. The van der Waals surface area contributed by atoms with E-state index in [4.69, 9.17) is 11.6 Å². The second kappa shape index (κ2) is 7.27. The number of nitrogens with zero attached hydrogens (tertiary/aromatic N) is 1. The van der Waals surface area contributed by atoms with E-state index in [0.29, 0.717) is 37.1 Å². The second-order valence-electron chi connectivity index (χ2n) is 5.24. The van der Waals surface area contributed by atoms with Crippen molar-refractivity contribution in [3.8, 4) is 0 Å². The normalized spacial score (nSPS) is 19.0. The van der Waals surface area contributed by atoms with Gasteiger partial charge in [0.05, 0.1) is 30.5 Å². The number of likely N-dealkylation sites (N-methyl/N-ethyl adjacent to an activating group) is 1. The molecule has 1 saturated heterocycles. The number of piperazine rings is 1. The number of quaternary nitrogens is 1. The van der Waals surface area contributed by atoms with E-state index in [-0.39, 0.29) is 16.2 Å². The summed E-state index contributed by atoms with van der Waals surface area (Å²) < 4.78 is 27.2. The van der Waals surface area contributed by atoms with Gasteiger partial charge >= 0.3 is 0 Å². The molecule has 2 N–H and O–H groups in total. The van der Waals surface area contributed by atoms with Crippen LogP contribution >= 0.6 is 22.9 Å². The maximum atomic E-state index is 12.5. The highest BCUT2D eigenvalue weighted by Crippen LogP contribution is 2.27. The van der Waals surface area contributed by atoms with E-state index in [2.05, 4.69) is 5.32 Å². The van der Waals surface area contributed by atoms with Gasteiger partial charge < -0.3 is 10.2 Å². The summed E-state index contributed by atoms with van der Waals surface area (Å²) in [6.07, 6.45) is 0. The van der Waals surface area contributed by atoms with Crippen LogP contribution in [0.25, 0.3) is 0 Å². The summed E-state index contributed by atoms with van der Waals surface area (Å²) >= 11 is 6.89. The molecule has 9 heteroatoms. The molecule has 2 heterocycles. The lowest BCUT2D eigenvalue weighted by Crippen LogP contribution is -3.19. The van der Waals surface area contributed by atoms with E-state index in [1.165, 1.54) is 4.31 Å². The topological polar surface area (TPSA) is 70.9 Å². The van der Waals surface area contributed by atoms with Crippen LogP contribution in [0.4, 0.5) is 0 Å².